The Kier molecular flexibility index (Phi) is 8.57. The lowest BCUT2D eigenvalue weighted by molar-refractivity contribution is -0.132. The molecule has 1 unspecified atom stereocenters. The zero-order valence-electron chi connectivity index (χ0n) is 21.8. The molecule has 1 aliphatic heterocycles. The average molecular weight is 571 g/mol. The summed E-state index contributed by atoms with van der Waals surface area (Å²) in [5, 5.41) is 11.9. The number of Topliss-reactive ketones (excluding diaryl/α,β-unsaturated/α-hetero) is 1. The van der Waals surface area contributed by atoms with Gasteiger partial charge in [0.2, 0.25) is 0 Å². The van der Waals surface area contributed by atoms with E-state index in [1.165, 1.54) is 12.0 Å². The van der Waals surface area contributed by atoms with Gasteiger partial charge < -0.3 is 19.3 Å². The molecule has 204 valence electrons. The van der Waals surface area contributed by atoms with E-state index in [9.17, 15) is 19.5 Å². The van der Waals surface area contributed by atoms with Gasteiger partial charge in [0.05, 0.1) is 37.6 Å². The van der Waals surface area contributed by atoms with Crippen molar-refractivity contribution in [3.05, 3.63) is 74.8 Å². The van der Waals surface area contributed by atoms with Crippen molar-refractivity contribution in [1.82, 2.24) is 4.98 Å². The first kappa shape index (κ1) is 28.1. The average Bonchev–Trinajstić information content (AvgIpc) is 3.44. The van der Waals surface area contributed by atoms with Crippen molar-refractivity contribution < 1.29 is 33.7 Å². The second-order valence-electron chi connectivity index (χ2n) is 8.57. The quantitative estimate of drug-likeness (QED) is 0.151. The third kappa shape index (κ3) is 5.48. The lowest BCUT2D eigenvalue weighted by atomic mass is 9.95. The number of hydrogen-bond donors (Lipinski definition) is 1. The number of carbonyl (C=O) groups excluding carboxylic acids is 3. The van der Waals surface area contributed by atoms with Crippen LogP contribution in [0, 0.1) is 6.92 Å². The number of esters is 1. The molecule has 2 aromatic carbocycles. The molecule has 1 N–H and O–H groups in total. The van der Waals surface area contributed by atoms with E-state index in [1.54, 1.807) is 49.4 Å². The van der Waals surface area contributed by atoms with Crippen LogP contribution in [0.25, 0.3) is 5.76 Å². The topological polar surface area (TPSA) is 115 Å². The van der Waals surface area contributed by atoms with Crippen LogP contribution in [0.15, 0.2) is 48.0 Å². The highest BCUT2D eigenvalue weighted by Crippen LogP contribution is 2.45. The summed E-state index contributed by atoms with van der Waals surface area (Å²) in [6.07, 6.45) is 0.792. The van der Waals surface area contributed by atoms with Crippen molar-refractivity contribution in [2.24, 2.45) is 0 Å². The largest absolute Gasteiger partial charge is 0.507 e. The number of aromatic nitrogens is 1. The van der Waals surface area contributed by atoms with Crippen molar-refractivity contribution >= 4 is 51.5 Å². The fraction of sp³-hybridized carbons (Fsp3) is 0.286. The predicted molar refractivity (Wildman–Crippen MR) is 148 cm³/mol. The fourth-order valence-corrected chi connectivity index (χ4v) is 5.31. The van der Waals surface area contributed by atoms with E-state index in [1.807, 2.05) is 13.8 Å². The third-order valence-corrected chi connectivity index (χ3v) is 7.36. The van der Waals surface area contributed by atoms with E-state index < -0.39 is 23.7 Å². The Morgan fingerprint density at radius 2 is 1.82 bits per heavy atom. The molecule has 0 spiro atoms. The van der Waals surface area contributed by atoms with Crippen LogP contribution in [-0.4, -0.2) is 48.1 Å². The molecule has 1 aromatic heterocycles. The molecule has 9 nitrogen and oxygen atoms in total. The molecule has 39 heavy (non-hydrogen) atoms. The van der Waals surface area contributed by atoms with Crippen LogP contribution in [0.4, 0.5) is 5.13 Å². The van der Waals surface area contributed by atoms with Gasteiger partial charge in [-0.15, -0.1) is 0 Å². The monoisotopic (exact) mass is 570 g/mol. The van der Waals surface area contributed by atoms with Gasteiger partial charge in [-0.25, -0.2) is 9.78 Å². The van der Waals surface area contributed by atoms with Crippen LogP contribution in [0.1, 0.15) is 52.8 Å². The van der Waals surface area contributed by atoms with Gasteiger partial charge in [-0.05, 0) is 62.2 Å². The summed E-state index contributed by atoms with van der Waals surface area (Å²) >= 11 is 6.93. The molecule has 11 heteroatoms. The number of nitrogens with zero attached hydrogens (tertiary/aromatic N) is 2. The van der Waals surface area contributed by atoms with Gasteiger partial charge in [-0.1, -0.05) is 35.9 Å². The zero-order valence-corrected chi connectivity index (χ0v) is 23.4. The SMILES string of the molecule is CCCOc1ccc(C2C(=C(O)c3ccc(Cl)cc3)C(=O)C(=O)N2c2nc(C)c(C(=O)OC)s2)cc1OCC. The molecule has 0 radical (unpaired) electrons. The van der Waals surface area contributed by atoms with E-state index in [0.29, 0.717) is 46.6 Å². The third-order valence-electron chi connectivity index (χ3n) is 5.97. The molecule has 1 fully saturated rings. The van der Waals surface area contributed by atoms with Crippen molar-refractivity contribution in [1.29, 1.82) is 0 Å². The molecule has 3 aromatic rings. The van der Waals surface area contributed by atoms with Crippen LogP contribution in [-0.2, 0) is 14.3 Å². The Labute approximate surface area is 234 Å². The van der Waals surface area contributed by atoms with Crippen LogP contribution in [0.2, 0.25) is 5.02 Å². The summed E-state index contributed by atoms with van der Waals surface area (Å²) in [6.45, 7) is 6.25. The summed E-state index contributed by atoms with van der Waals surface area (Å²) in [5.74, 6) is -1.85. The number of halogens is 1. The number of thiazole rings is 1. The molecule has 1 atom stereocenters. The van der Waals surface area contributed by atoms with Gasteiger partial charge in [0.15, 0.2) is 16.6 Å². The Hall–Kier alpha value is -3.89. The lowest BCUT2D eigenvalue weighted by Gasteiger charge is -2.24. The summed E-state index contributed by atoms with van der Waals surface area (Å²) in [4.78, 5) is 45.0. The van der Waals surface area contributed by atoms with Crippen LogP contribution in [0.5, 0.6) is 11.5 Å². The van der Waals surface area contributed by atoms with E-state index >= 15 is 0 Å². The number of methoxy groups -OCH3 is 1. The highest BCUT2D eigenvalue weighted by molar-refractivity contribution is 7.17. The Morgan fingerprint density at radius 3 is 2.46 bits per heavy atom. The minimum atomic E-state index is -1.07. The Bertz CT molecular complexity index is 1450. The van der Waals surface area contributed by atoms with Crippen molar-refractivity contribution in [3.8, 4) is 11.5 Å². The van der Waals surface area contributed by atoms with E-state index in [0.717, 1.165) is 17.8 Å². The highest BCUT2D eigenvalue weighted by atomic mass is 35.5. The number of amides is 1. The van der Waals surface area contributed by atoms with Crippen molar-refractivity contribution in [2.75, 3.05) is 25.2 Å². The van der Waals surface area contributed by atoms with Gasteiger partial charge in [-0.3, -0.25) is 14.5 Å². The normalized spacial score (nSPS) is 16.4. The molecule has 4 rings (SSSR count). The molecule has 0 bridgehead atoms. The number of hydrogen-bond acceptors (Lipinski definition) is 9. The van der Waals surface area contributed by atoms with Gasteiger partial charge >= 0.3 is 11.9 Å². The van der Waals surface area contributed by atoms with Gasteiger partial charge in [0.25, 0.3) is 5.78 Å². The minimum absolute atomic E-state index is 0.111. The number of aryl methyl sites for hydroxylation is 1. The highest BCUT2D eigenvalue weighted by Gasteiger charge is 2.48. The van der Waals surface area contributed by atoms with Gasteiger partial charge in [-0.2, -0.15) is 0 Å². The summed E-state index contributed by atoms with van der Waals surface area (Å²) < 4.78 is 16.5. The molecular formula is C28H27ClN2O7S. The molecule has 1 saturated heterocycles. The number of ether oxygens (including phenoxy) is 3. The number of carbonyl (C=O) groups is 3. The maximum atomic E-state index is 13.5. The number of aliphatic hydroxyl groups excluding tert-OH is 1. The molecule has 0 aliphatic carbocycles. The first-order valence-electron chi connectivity index (χ1n) is 12.2. The molecule has 0 saturated carbocycles. The Morgan fingerprint density at radius 1 is 1.10 bits per heavy atom. The van der Waals surface area contributed by atoms with Crippen LogP contribution in [0.3, 0.4) is 0 Å². The molecular weight excluding hydrogens is 544 g/mol. The first-order chi connectivity index (χ1) is 18.7. The smallest absolute Gasteiger partial charge is 0.350 e. The second kappa shape index (κ2) is 11.9. The van der Waals surface area contributed by atoms with Crippen LogP contribution < -0.4 is 14.4 Å². The van der Waals surface area contributed by atoms with Gasteiger partial charge in [0, 0.05) is 10.6 Å². The standard InChI is InChI=1S/C28H27ClN2O7S/c1-5-13-38-19-12-9-17(14-20(19)37-6-2)22-21(23(32)16-7-10-18(29)11-8-16)24(33)26(34)31(22)28-30-15(3)25(39-28)27(35)36-4/h7-12,14,22,32H,5-6,13H2,1-4H3. The number of aliphatic hydroxyl groups is 1. The van der Waals surface area contributed by atoms with Gasteiger partial charge in [0.1, 0.15) is 10.6 Å². The summed E-state index contributed by atoms with van der Waals surface area (Å²) in [7, 11) is 1.25. The first-order valence-corrected chi connectivity index (χ1v) is 13.4. The van der Waals surface area contributed by atoms with Crippen molar-refractivity contribution in [2.45, 2.75) is 33.2 Å². The molecule has 1 aliphatic rings. The number of ketones is 1. The number of benzene rings is 2. The maximum Gasteiger partial charge on any atom is 0.350 e. The maximum absolute atomic E-state index is 13.5. The fourth-order valence-electron chi connectivity index (χ4n) is 4.17. The summed E-state index contributed by atoms with van der Waals surface area (Å²) in [5.41, 5.74) is 0.989. The van der Waals surface area contributed by atoms with E-state index in [-0.39, 0.29) is 21.3 Å². The summed E-state index contributed by atoms with van der Waals surface area (Å²) in [6, 6.07) is 10.3. The number of rotatable bonds is 9. The van der Waals surface area contributed by atoms with E-state index in [2.05, 4.69) is 4.98 Å². The lowest BCUT2D eigenvalue weighted by Crippen LogP contribution is -2.29. The molecule has 1 amide bonds. The van der Waals surface area contributed by atoms with E-state index in [4.69, 9.17) is 25.8 Å². The molecule has 2 heterocycles. The minimum Gasteiger partial charge on any atom is -0.507 e. The Balaban J connectivity index is 1.94. The number of anilines is 1. The van der Waals surface area contributed by atoms with Crippen LogP contribution >= 0.6 is 22.9 Å². The predicted octanol–water partition coefficient (Wildman–Crippen LogP) is 5.71. The second-order valence-corrected chi connectivity index (χ2v) is 9.98. The van der Waals surface area contributed by atoms with Crippen molar-refractivity contribution in [3.63, 3.8) is 0 Å². The zero-order chi connectivity index (χ0) is 28.3.